The van der Waals surface area contributed by atoms with E-state index < -0.39 is 0 Å². The standard InChI is InChI=1S/C4H3ClIN3O/c1-10-4-8-2(5)7-3(6)9-4/h1H3. The second-order valence-electron chi connectivity index (χ2n) is 1.36. The zero-order chi connectivity index (χ0) is 7.56. The summed E-state index contributed by atoms with van der Waals surface area (Å²) in [5.41, 5.74) is 0. The van der Waals surface area contributed by atoms with E-state index >= 15 is 0 Å². The fourth-order valence-electron chi connectivity index (χ4n) is 0.400. The van der Waals surface area contributed by atoms with Crippen molar-refractivity contribution in [1.82, 2.24) is 15.0 Å². The maximum absolute atomic E-state index is 5.48. The molecule has 0 spiro atoms. The van der Waals surface area contributed by atoms with Gasteiger partial charge in [0.25, 0.3) is 0 Å². The molecule has 1 aromatic heterocycles. The van der Waals surface area contributed by atoms with E-state index in [1.165, 1.54) is 7.11 Å². The van der Waals surface area contributed by atoms with Crippen LogP contribution in [0.3, 0.4) is 0 Å². The summed E-state index contributed by atoms with van der Waals surface area (Å²) in [6, 6.07) is 0.240. The highest BCUT2D eigenvalue weighted by Crippen LogP contribution is 2.08. The van der Waals surface area contributed by atoms with E-state index in [0.717, 1.165) is 0 Å². The molecule has 6 heteroatoms. The third-order valence-corrected chi connectivity index (χ3v) is 1.39. The Morgan fingerprint density at radius 1 is 1.40 bits per heavy atom. The molecule has 0 aromatic carbocycles. The molecule has 0 saturated heterocycles. The number of ether oxygens (including phenoxy) is 1. The first kappa shape index (κ1) is 7.93. The molecular formula is C4H3ClIN3O. The van der Waals surface area contributed by atoms with Gasteiger partial charge in [-0.3, -0.25) is 0 Å². The Kier molecular flexibility index (Phi) is 2.61. The Morgan fingerprint density at radius 3 is 2.60 bits per heavy atom. The molecule has 0 radical (unpaired) electrons. The lowest BCUT2D eigenvalue weighted by Gasteiger charge is -1.95. The van der Waals surface area contributed by atoms with E-state index in [9.17, 15) is 0 Å². The van der Waals surface area contributed by atoms with Crippen molar-refractivity contribution in [3.05, 3.63) is 9.11 Å². The second kappa shape index (κ2) is 3.29. The number of hydrogen-bond acceptors (Lipinski definition) is 4. The van der Waals surface area contributed by atoms with E-state index in [-0.39, 0.29) is 11.3 Å². The first-order chi connectivity index (χ1) is 4.72. The quantitative estimate of drug-likeness (QED) is 0.719. The smallest absolute Gasteiger partial charge is 0.321 e. The van der Waals surface area contributed by atoms with E-state index in [2.05, 4.69) is 15.0 Å². The molecule has 0 bridgehead atoms. The summed E-state index contributed by atoms with van der Waals surface area (Å²) in [5.74, 6) is 0. The van der Waals surface area contributed by atoms with Gasteiger partial charge >= 0.3 is 6.01 Å². The minimum absolute atomic E-state index is 0.149. The predicted molar refractivity (Wildman–Crippen MR) is 44.1 cm³/mol. The SMILES string of the molecule is COc1nc(Cl)nc(I)n1. The fraction of sp³-hybridized carbons (Fsp3) is 0.250. The van der Waals surface area contributed by atoms with Crippen molar-refractivity contribution in [3.63, 3.8) is 0 Å². The van der Waals surface area contributed by atoms with Crippen molar-refractivity contribution in [2.24, 2.45) is 0 Å². The van der Waals surface area contributed by atoms with Crippen LogP contribution in [-0.2, 0) is 0 Å². The molecule has 0 fully saturated rings. The second-order valence-corrected chi connectivity index (χ2v) is 2.66. The molecule has 0 amide bonds. The molecule has 0 atom stereocenters. The average molecular weight is 271 g/mol. The number of aromatic nitrogens is 3. The summed E-state index contributed by atoms with van der Waals surface area (Å²) < 4.78 is 5.25. The van der Waals surface area contributed by atoms with Crippen LogP contribution in [0.15, 0.2) is 0 Å². The van der Waals surface area contributed by atoms with Gasteiger partial charge in [0.2, 0.25) is 5.28 Å². The molecule has 1 rings (SSSR count). The Bertz CT molecular complexity index is 224. The van der Waals surface area contributed by atoms with Crippen molar-refractivity contribution in [2.45, 2.75) is 0 Å². The van der Waals surface area contributed by atoms with Gasteiger partial charge in [0, 0.05) is 22.6 Å². The molecule has 1 aromatic rings. The topological polar surface area (TPSA) is 47.9 Å². The van der Waals surface area contributed by atoms with Crippen molar-refractivity contribution < 1.29 is 4.74 Å². The zero-order valence-corrected chi connectivity index (χ0v) is 7.92. The maximum atomic E-state index is 5.48. The number of hydrogen-bond donors (Lipinski definition) is 0. The average Bonchev–Trinajstić information content (AvgIpc) is 1.85. The van der Waals surface area contributed by atoms with Crippen LogP contribution in [-0.4, -0.2) is 22.1 Å². The van der Waals surface area contributed by atoms with Crippen LogP contribution >= 0.6 is 34.2 Å². The molecule has 1 heterocycles. The van der Waals surface area contributed by atoms with Gasteiger partial charge in [-0.1, -0.05) is 0 Å². The first-order valence-corrected chi connectivity index (χ1v) is 3.79. The molecule has 4 nitrogen and oxygen atoms in total. The minimum Gasteiger partial charge on any atom is -0.467 e. The number of nitrogens with zero attached hydrogens (tertiary/aromatic N) is 3. The Hall–Kier alpha value is -0.170. The van der Waals surface area contributed by atoms with E-state index in [0.29, 0.717) is 3.83 Å². The summed E-state index contributed by atoms with van der Waals surface area (Å²) >= 11 is 7.41. The van der Waals surface area contributed by atoms with Crippen LogP contribution in [0.4, 0.5) is 0 Å². The molecule has 0 N–H and O–H groups in total. The summed E-state index contributed by atoms with van der Waals surface area (Å²) in [6.07, 6.45) is 0. The van der Waals surface area contributed by atoms with Crippen LogP contribution in [0.25, 0.3) is 0 Å². The van der Waals surface area contributed by atoms with E-state index in [1.54, 1.807) is 0 Å². The van der Waals surface area contributed by atoms with Gasteiger partial charge in [-0.2, -0.15) is 15.0 Å². The third kappa shape index (κ3) is 1.91. The number of rotatable bonds is 1. The van der Waals surface area contributed by atoms with Gasteiger partial charge in [-0.15, -0.1) is 0 Å². The fourth-order valence-corrected chi connectivity index (χ4v) is 1.13. The lowest BCUT2D eigenvalue weighted by Crippen LogP contribution is -1.96. The first-order valence-electron chi connectivity index (χ1n) is 2.33. The van der Waals surface area contributed by atoms with Crippen molar-refractivity contribution in [1.29, 1.82) is 0 Å². The molecule has 0 aliphatic rings. The highest BCUT2D eigenvalue weighted by Gasteiger charge is 2.00. The highest BCUT2D eigenvalue weighted by molar-refractivity contribution is 14.1. The van der Waals surface area contributed by atoms with Gasteiger partial charge in [0.05, 0.1) is 7.11 Å². The van der Waals surface area contributed by atoms with Crippen LogP contribution in [0.2, 0.25) is 5.28 Å². The Labute approximate surface area is 76.1 Å². The van der Waals surface area contributed by atoms with Gasteiger partial charge in [0.15, 0.2) is 3.83 Å². The summed E-state index contributed by atoms with van der Waals surface area (Å²) in [5, 5.41) is 0.149. The lowest BCUT2D eigenvalue weighted by molar-refractivity contribution is 0.376. The predicted octanol–water partition coefficient (Wildman–Crippen LogP) is 1.14. The van der Waals surface area contributed by atoms with E-state index in [1.807, 2.05) is 22.6 Å². The molecule has 0 saturated carbocycles. The molecule has 10 heavy (non-hydrogen) atoms. The van der Waals surface area contributed by atoms with Crippen molar-refractivity contribution in [2.75, 3.05) is 7.11 Å². The van der Waals surface area contributed by atoms with Gasteiger partial charge in [-0.05, 0) is 11.6 Å². The van der Waals surface area contributed by atoms with Gasteiger partial charge in [-0.25, -0.2) is 0 Å². The highest BCUT2D eigenvalue weighted by atomic mass is 127. The van der Waals surface area contributed by atoms with Crippen LogP contribution in [0.1, 0.15) is 0 Å². The van der Waals surface area contributed by atoms with E-state index in [4.69, 9.17) is 16.3 Å². The van der Waals surface area contributed by atoms with Crippen molar-refractivity contribution in [3.8, 4) is 6.01 Å². The van der Waals surface area contributed by atoms with Crippen LogP contribution < -0.4 is 4.74 Å². The largest absolute Gasteiger partial charge is 0.467 e. The molecule has 0 aliphatic heterocycles. The summed E-state index contributed by atoms with van der Waals surface area (Å²) in [6.45, 7) is 0. The summed E-state index contributed by atoms with van der Waals surface area (Å²) in [4.78, 5) is 11.2. The third-order valence-electron chi connectivity index (χ3n) is 0.743. The summed E-state index contributed by atoms with van der Waals surface area (Å²) in [7, 11) is 1.47. The Morgan fingerprint density at radius 2 is 2.10 bits per heavy atom. The molecule has 54 valence electrons. The molecule has 0 unspecified atom stereocenters. The zero-order valence-electron chi connectivity index (χ0n) is 5.01. The minimum atomic E-state index is 0.149. The normalized spacial score (nSPS) is 9.50. The molecule has 0 aliphatic carbocycles. The number of halogens is 2. The van der Waals surface area contributed by atoms with Gasteiger partial charge < -0.3 is 4.74 Å². The monoisotopic (exact) mass is 271 g/mol. The Balaban J connectivity index is 3.06. The van der Waals surface area contributed by atoms with Crippen LogP contribution in [0, 0.1) is 3.83 Å². The number of methoxy groups -OCH3 is 1. The lowest BCUT2D eigenvalue weighted by atomic mass is 11.0. The van der Waals surface area contributed by atoms with Crippen LogP contribution in [0.5, 0.6) is 6.01 Å². The maximum Gasteiger partial charge on any atom is 0.321 e. The van der Waals surface area contributed by atoms with Gasteiger partial charge in [0.1, 0.15) is 0 Å². The molecular weight excluding hydrogens is 268 g/mol. The van der Waals surface area contributed by atoms with Crippen molar-refractivity contribution >= 4 is 34.2 Å².